The lowest BCUT2D eigenvalue weighted by molar-refractivity contribution is -0.140. The van der Waals surface area contributed by atoms with Gasteiger partial charge in [-0.05, 0) is 0 Å². The van der Waals surface area contributed by atoms with Crippen LogP contribution >= 0.6 is 0 Å². The maximum atomic E-state index is 11.6. The van der Waals surface area contributed by atoms with Gasteiger partial charge in [0, 0.05) is 25.7 Å². The smallest absolute Gasteiger partial charge is 0.248 e. The molecule has 1 saturated heterocycles. The van der Waals surface area contributed by atoms with Crippen LogP contribution in [-0.4, -0.2) is 62.9 Å². The van der Waals surface area contributed by atoms with Crippen LogP contribution < -0.4 is 5.32 Å². The van der Waals surface area contributed by atoms with Crippen LogP contribution in [0, 0.1) is 0 Å². The first-order valence-corrected chi connectivity index (χ1v) is 5.87. The number of nitrogens with zero attached hydrogens (tertiary/aromatic N) is 1. The third-order valence-corrected chi connectivity index (χ3v) is 2.39. The lowest BCUT2D eigenvalue weighted by Crippen LogP contribution is -2.42. The molecular formula is C11H22N2O3. The molecule has 0 unspecified atom stereocenters. The molecule has 0 radical (unpaired) electrons. The molecule has 0 aromatic carbocycles. The molecule has 16 heavy (non-hydrogen) atoms. The molecule has 1 heterocycles. The van der Waals surface area contributed by atoms with Gasteiger partial charge in [0.25, 0.3) is 0 Å². The van der Waals surface area contributed by atoms with Crippen molar-refractivity contribution in [2.45, 2.75) is 19.9 Å². The van der Waals surface area contributed by atoms with Crippen LogP contribution in [0.15, 0.2) is 0 Å². The summed E-state index contributed by atoms with van der Waals surface area (Å²) >= 11 is 0. The van der Waals surface area contributed by atoms with Crippen molar-refractivity contribution in [2.75, 3.05) is 46.1 Å². The third kappa shape index (κ3) is 5.44. The Morgan fingerprint density at radius 3 is 2.75 bits per heavy atom. The van der Waals surface area contributed by atoms with E-state index in [4.69, 9.17) is 9.47 Å². The van der Waals surface area contributed by atoms with Gasteiger partial charge in [0.05, 0.1) is 19.8 Å². The fourth-order valence-electron chi connectivity index (χ4n) is 1.48. The number of rotatable bonds is 6. The van der Waals surface area contributed by atoms with Gasteiger partial charge in [-0.3, -0.25) is 4.79 Å². The number of carbonyl (C=O) groups excluding carboxylic acids is 1. The molecule has 1 amide bonds. The molecule has 0 aliphatic carbocycles. The maximum absolute atomic E-state index is 11.6. The highest BCUT2D eigenvalue weighted by Gasteiger charge is 2.16. The number of nitrogens with one attached hydrogen (secondary N) is 1. The van der Waals surface area contributed by atoms with Crippen molar-refractivity contribution < 1.29 is 14.3 Å². The van der Waals surface area contributed by atoms with Crippen molar-refractivity contribution in [1.82, 2.24) is 10.2 Å². The number of carbonyl (C=O) groups is 1. The summed E-state index contributed by atoms with van der Waals surface area (Å²) in [5.74, 6) is 0.0628. The molecule has 5 nitrogen and oxygen atoms in total. The molecule has 0 spiro atoms. The molecule has 0 aromatic rings. The Hall–Kier alpha value is -0.650. The number of ether oxygens (including phenoxy) is 2. The Morgan fingerprint density at radius 1 is 1.44 bits per heavy atom. The van der Waals surface area contributed by atoms with E-state index in [-0.39, 0.29) is 12.5 Å². The zero-order valence-corrected chi connectivity index (χ0v) is 10.2. The lowest BCUT2D eigenvalue weighted by Gasteiger charge is -2.26. The Bertz CT molecular complexity index is 203. The summed E-state index contributed by atoms with van der Waals surface area (Å²) in [5.41, 5.74) is 0. The molecule has 1 N–H and O–H groups in total. The largest absolute Gasteiger partial charge is 0.378 e. The van der Waals surface area contributed by atoms with Crippen molar-refractivity contribution >= 4 is 5.91 Å². The van der Waals surface area contributed by atoms with Crippen molar-refractivity contribution in [1.29, 1.82) is 0 Å². The highest BCUT2D eigenvalue weighted by molar-refractivity contribution is 5.77. The average Bonchev–Trinajstić information content (AvgIpc) is 2.29. The van der Waals surface area contributed by atoms with E-state index in [0.717, 1.165) is 6.54 Å². The van der Waals surface area contributed by atoms with Crippen LogP contribution in [0.5, 0.6) is 0 Å². The third-order valence-electron chi connectivity index (χ3n) is 2.39. The van der Waals surface area contributed by atoms with E-state index in [9.17, 15) is 4.79 Å². The van der Waals surface area contributed by atoms with E-state index < -0.39 is 0 Å². The van der Waals surface area contributed by atoms with E-state index in [2.05, 4.69) is 19.2 Å². The normalized spacial score (nSPS) is 16.8. The Morgan fingerprint density at radius 2 is 2.12 bits per heavy atom. The van der Waals surface area contributed by atoms with Crippen molar-refractivity contribution in [2.24, 2.45) is 0 Å². The van der Waals surface area contributed by atoms with Crippen LogP contribution in [0.3, 0.4) is 0 Å². The highest BCUT2D eigenvalue weighted by Crippen LogP contribution is 1.97. The van der Waals surface area contributed by atoms with Crippen molar-refractivity contribution in [3.05, 3.63) is 0 Å². The van der Waals surface area contributed by atoms with Gasteiger partial charge in [-0.2, -0.15) is 0 Å². The zero-order valence-electron chi connectivity index (χ0n) is 10.2. The van der Waals surface area contributed by atoms with Crippen LogP contribution in [-0.2, 0) is 14.3 Å². The highest BCUT2D eigenvalue weighted by atomic mass is 16.5. The molecule has 1 fully saturated rings. The summed E-state index contributed by atoms with van der Waals surface area (Å²) in [6, 6.07) is 0.457. The molecular weight excluding hydrogens is 208 g/mol. The minimum Gasteiger partial charge on any atom is -0.378 e. The predicted octanol–water partition coefficient (Wildman–Crippen LogP) is -0.140. The molecule has 1 aliphatic heterocycles. The fraction of sp³-hybridized carbons (Fsp3) is 0.909. The summed E-state index contributed by atoms with van der Waals surface area (Å²) in [7, 11) is 0. The summed E-state index contributed by atoms with van der Waals surface area (Å²) in [6.07, 6.45) is 0. The molecule has 5 heteroatoms. The Labute approximate surface area is 97.1 Å². The molecule has 0 atom stereocenters. The van der Waals surface area contributed by atoms with Gasteiger partial charge >= 0.3 is 0 Å². The van der Waals surface area contributed by atoms with Gasteiger partial charge < -0.3 is 19.7 Å². The van der Waals surface area contributed by atoms with E-state index in [1.807, 2.05) is 0 Å². The van der Waals surface area contributed by atoms with Gasteiger partial charge in [0.1, 0.15) is 6.61 Å². The van der Waals surface area contributed by atoms with Gasteiger partial charge in [0.2, 0.25) is 5.91 Å². The van der Waals surface area contributed by atoms with Crippen molar-refractivity contribution in [3.8, 4) is 0 Å². The van der Waals surface area contributed by atoms with Gasteiger partial charge in [-0.1, -0.05) is 13.8 Å². The average molecular weight is 230 g/mol. The molecule has 1 aliphatic rings. The lowest BCUT2D eigenvalue weighted by atomic mass is 10.4. The maximum Gasteiger partial charge on any atom is 0.248 e. The first kappa shape index (κ1) is 13.4. The molecule has 0 aromatic heterocycles. The van der Waals surface area contributed by atoms with E-state index in [1.54, 1.807) is 4.90 Å². The van der Waals surface area contributed by atoms with Crippen LogP contribution in [0.25, 0.3) is 0 Å². The molecule has 0 saturated carbocycles. The summed E-state index contributed by atoms with van der Waals surface area (Å²) in [6.45, 7) is 8.36. The van der Waals surface area contributed by atoms with Crippen LogP contribution in [0.1, 0.15) is 13.8 Å². The first-order chi connectivity index (χ1) is 7.70. The van der Waals surface area contributed by atoms with Gasteiger partial charge in [-0.25, -0.2) is 0 Å². The van der Waals surface area contributed by atoms with E-state index in [1.165, 1.54) is 0 Å². The quantitative estimate of drug-likeness (QED) is 0.645. The zero-order chi connectivity index (χ0) is 11.8. The molecule has 94 valence electrons. The number of amides is 1. The predicted molar refractivity (Wildman–Crippen MR) is 61.4 cm³/mol. The Balaban J connectivity index is 2.01. The first-order valence-electron chi connectivity index (χ1n) is 5.87. The minimum absolute atomic E-state index is 0.0628. The van der Waals surface area contributed by atoms with E-state index in [0.29, 0.717) is 39.0 Å². The van der Waals surface area contributed by atoms with Gasteiger partial charge in [-0.15, -0.1) is 0 Å². The monoisotopic (exact) mass is 230 g/mol. The van der Waals surface area contributed by atoms with Crippen molar-refractivity contribution in [3.63, 3.8) is 0 Å². The van der Waals surface area contributed by atoms with Crippen LogP contribution in [0.2, 0.25) is 0 Å². The summed E-state index contributed by atoms with van der Waals surface area (Å²) < 4.78 is 10.5. The molecule has 1 rings (SSSR count). The number of morpholine rings is 1. The Kier molecular flexibility index (Phi) is 6.37. The van der Waals surface area contributed by atoms with E-state index >= 15 is 0 Å². The van der Waals surface area contributed by atoms with Gasteiger partial charge in [0.15, 0.2) is 0 Å². The topological polar surface area (TPSA) is 50.8 Å². The fourth-order valence-corrected chi connectivity index (χ4v) is 1.48. The second kappa shape index (κ2) is 7.60. The second-order valence-electron chi connectivity index (χ2n) is 4.15. The minimum atomic E-state index is 0.0628. The summed E-state index contributed by atoms with van der Waals surface area (Å²) in [4.78, 5) is 13.4. The summed E-state index contributed by atoms with van der Waals surface area (Å²) in [5, 5.41) is 3.23. The standard InChI is InChI=1S/C11H22N2O3/c1-10(2)12-3-6-16-9-11(14)13-4-7-15-8-5-13/h10,12H,3-9H2,1-2H3. The number of hydrogen-bond acceptors (Lipinski definition) is 4. The SMILES string of the molecule is CC(C)NCCOCC(=O)N1CCOCC1. The number of hydrogen-bond donors (Lipinski definition) is 1. The van der Waals surface area contributed by atoms with Crippen LogP contribution in [0.4, 0.5) is 0 Å². The molecule has 0 bridgehead atoms. The second-order valence-corrected chi connectivity index (χ2v) is 4.15.